The molecule has 3 N–H and O–H groups in total. The first kappa shape index (κ1) is 18.2. The van der Waals surface area contributed by atoms with Gasteiger partial charge in [0.2, 0.25) is 10.0 Å². The molecule has 1 aromatic rings. The zero-order chi connectivity index (χ0) is 16.6. The Kier molecular flexibility index (Phi) is 7.13. The molecule has 0 heterocycles. The van der Waals surface area contributed by atoms with E-state index in [2.05, 4.69) is 15.4 Å². The van der Waals surface area contributed by atoms with Gasteiger partial charge in [0.25, 0.3) is 0 Å². The predicted octanol–water partition coefficient (Wildman–Crippen LogP) is 1.99. The maximum Gasteiger partial charge on any atom is 0.319 e. The lowest BCUT2D eigenvalue weighted by Crippen LogP contribution is -2.38. The van der Waals surface area contributed by atoms with Gasteiger partial charge >= 0.3 is 6.03 Å². The first-order valence-corrected chi connectivity index (χ1v) is 8.68. The second-order valence-electron chi connectivity index (χ2n) is 4.96. The summed E-state index contributed by atoms with van der Waals surface area (Å²) in [5.41, 5.74) is 0.912. The number of methoxy groups -OCH3 is 1. The van der Waals surface area contributed by atoms with Crippen molar-refractivity contribution in [1.82, 2.24) is 5.32 Å². The Morgan fingerprint density at radius 1 is 1.32 bits per heavy atom. The largest absolute Gasteiger partial charge is 0.383 e. The molecule has 8 heteroatoms. The number of urea groups is 1. The summed E-state index contributed by atoms with van der Waals surface area (Å²) in [6, 6.07) is 6.03. The minimum Gasteiger partial charge on any atom is -0.383 e. The summed E-state index contributed by atoms with van der Waals surface area (Å²) in [5, 5.41) is 5.35. The molecule has 124 valence electrons. The Labute approximate surface area is 131 Å². The van der Waals surface area contributed by atoms with Gasteiger partial charge in [-0.15, -0.1) is 0 Å². The third-order valence-electron chi connectivity index (χ3n) is 2.66. The van der Waals surface area contributed by atoms with Crippen LogP contribution >= 0.6 is 0 Å². The molecule has 2 amide bonds. The summed E-state index contributed by atoms with van der Waals surface area (Å²) in [7, 11) is -1.79. The van der Waals surface area contributed by atoms with Gasteiger partial charge in [-0.2, -0.15) is 0 Å². The van der Waals surface area contributed by atoms with E-state index < -0.39 is 10.0 Å². The maximum absolute atomic E-state index is 11.8. The van der Waals surface area contributed by atoms with Crippen LogP contribution in [0.1, 0.15) is 20.3 Å². The average molecular weight is 329 g/mol. The predicted molar refractivity (Wildman–Crippen MR) is 87.6 cm³/mol. The van der Waals surface area contributed by atoms with Crippen LogP contribution < -0.4 is 15.4 Å². The highest BCUT2D eigenvalue weighted by atomic mass is 32.2. The average Bonchev–Trinajstić information content (AvgIpc) is 2.38. The van der Waals surface area contributed by atoms with Crippen molar-refractivity contribution in [2.75, 3.05) is 29.5 Å². The van der Waals surface area contributed by atoms with Gasteiger partial charge in [0.1, 0.15) is 0 Å². The standard InChI is InChI=1S/C14H23N3O4S/c1-4-8-22(19,20)17-13-7-5-6-12(9-13)16-14(18)15-11(2)10-21-3/h5-7,9,11,17H,4,8,10H2,1-3H3,(H2,15,16,18)/t11-/m0/s1. The second kappa shape index (κ2) is 8.60. The van der Waals surface area contributed by atoms with E-state index in [-0.39, 0.29) is 17.8 Å². The molecule has 1 rings (SSSR count). The van der Waals surface area contributed by atoms with Crippen molar-refractivity contribution in [2.24, 2.45) is 0 Å². The number of amides is 2. The fraction of sp³-hybridized carbons (Fsp3) is 0.500. The van der Waals surface area contributed by atoms with Gasteiger partial charge in [-0.3, -0.25) is 4.72 Å². The molecule has 1 aromatic carbocycles. The Bertz CT molecular complexity index is 590. The van der Waals surface area contributed by atoms with E-state index in [1.54, 1.807) is 38.3 Å². The second-order valence-corrected chi connectivity index (χ2v) is 6.80. The number of anilines is 2. The Hall–Kier alpha value is -1.80. The molecule has 0 aliphatic carbocycles. The summed E-state index contributed by atoms with van der Waals surface area (Å²) in [5.74, 6) is 0.0552. The topological polar surface area (TPSA) is 96.5 Å². The Morgan fingerprint density at radius 2 is 2.00 bits per heavy atom. The van der Waals surface area contributed by atoms with Crippen LogP contribution in [0.3, 0.4) is 0 Å². The van der Waals surface area contributed by atoms with E-state index in [0.29, 0.717) is 24.4 Å². The van der Waals surface area contributed by atoms with Crippen molar-refractivity contribution in [3.05, 3.63) is 24.3 Å². The minimum absolute atomic E-state index is 0.0552. The van der Waals surface area contributed by atoms with E-state index in [9.17, 15) is 13.2 Å². The van der Waals surface area contributed by atoms with Gasteiger partial charge in [0, 0.05) is 12.8 Å². The number of carbonyl (C=O) groups excluding carboxylic acids is 1. The van der Waals surface area contributed by atoms with E-state index in [1.165, 1.54) is 0 Å². The molecule has 0 unspecified atom stereocenters. The third-order valence-corrected chi connectivity index (χ3v) is 4.15. The molecule has 0 saturated carbocycles. The van der Waals surface area contributed by atoms with Crippen molar-refractivity contribution < 1.29 is 17.9 Å². The van der Waals surface area contributed by atoms with E-state index >= 15 is 0 Å². The van der Waals surface area contributed by atoms with Crippen LogP contribution in [-0.2, 0) is 14.8 Å². The molecule has 7 nitrogen and oxygen atoms in total. The fourth-order valence-corrected chi connectivity index (χ4v) is 2.97. The number of sulfonamides is 1. The number of hydrogen-bond acceptors (Lipinski definition) is 4. The molecule has 1 atom stereocenters. The zero-order valence-corrected chi connectivity index (χ0v) is 13.9. The first-order chi connectivity index (χ1) is 10.4. The van der Waals surface area contributed by atoms with Crippen molar-refractivity contribution >= 4 is 27.4 Å². The molecule has 0 aliphatic heterocycles. The molecule has 0 radical (unpaired) electrons. The maximum atomic E-state index is 11.8. The number of rotatable bonds is 8. The van der Waals surface area contributed by atoms with Gasteiger partial charge in [-0.25, -0.2) is 13.2 Å². The Morgan fingerprint density at radius 3 is 2.64 bits per heavy atom. The van der Waals surface area contributed by atoms with Crippen molar-refractivity contribution in [2.45, 2.75) is 26.3 Å². The summed E-state index contributed by atoms with van der Waals surface area (Å²) in [4.78, 5) is 11.8. The van der Waals surface area contributed by atoms with Crippen LogP contribution in [0.25, 0.3) is 0 Å². The number of carbonyl (C=O) groups is 1. The molecule has 0 spiro atoms. The summed E-state index contributed by atoms with van der Waals surface area (Å²) < 4.78 is 30.9. The van der Waals surface area contributed by atoms with E-state index in [4.69, 9.17) is 4.74 Å². The normalized spacial score (nSPS) is 12.5. The SMILES string of the molecule is CCCS(=O)(=O)Nc1cccc(NC(=O)N[C@@H](C)COC)c1. The third kappa shape index (κ3) is 6.77. The molecule has 22 heavy (non-hydrogen) atoms. The van der Waals surface area contributed by atoms with Crippen LogP contribution in [0.2, 0.25) is 0 Å². The molecule has 0 aliphatic rings. The van der Waals surface area contributed by atoms with Crippen molar-refractivity contribution in [1.29, 1.82) is 0 Å². The van der Waals surface area contributed by atoms with Crippen LogP contribution in [-0.4, -0.2) is 40.0 Å². The lowest BCUT2D eigenvalue weighted by atomic mass is 10.3. The van der Waals surface area contributed by atoms with Crippen LogP contribution in [0, 0.1) is 0 Å². The summed E-state index contributed by atoms with van der Waals surface area (Å²) in [6.45, 7) is 4.02. The summed E-state index contributed by atoms with van der Waals surface area (Å²) in [6.07, 6.45) is 0.535. The van der Waals surface area contributed by atoms with Crippen LogP contribution in [0.15, 0.2) is 24.3 Å². The van der Waals surface area contributed by atoms with Gasteiger partial charge < -0.3 is 15.4 Å². The molecular formula is C14H23N3O4S. The highest BCUT2D eigenvalue weighted by molar-refractivity contribution is 7.92. The van der Waals surface area contributed by atoms with Crippen LogP contribution in [0.4, 0.5) is 16.2 Å². The zero-order valence-electron chi connectivity index (χ0n) is 13.0. The highest BCUT2D eigenvalue weighted by Gasteiger charge is 2.10. The Balaban J connectivity index is 2.66. The van der Waals surface area contributed by atoms with Gasteiger partial charge in [0.15, 0.2) is 0 Å². The number of ether oxygens (including phenoxy) is 1. The fourth-order valence-electron chi connectivity index (χ4n) is 1.84. The van der Waals surface area contributed by atoms with Gasteiger partial charge in [-0.05, 0) is 31.5 Å². The van der Waals surface area contributed by atoms with Crippen molar-refractivity contribution in [3.8, 4) is 0 Å². The minimum atomic E-state index is -3.35. The highest BCUT2D eigenvalue weighted by Crippen LogP contribution is 2.16. The quantitative estimate of drug-likeness (QED) is 0.679. The number of benzene rings is 1. The van der Waals surface area contributed by atoms with Crippen LogP contribution in [0.5, 0.6) is 0 Å². The van der Waals surface area contributed by atoms with E-state index in [0.717, 1.165) is 0 Å². The smallest absolute Gasteiger partial charge is 0.319 e. The molecular weight excluding hydrogens is 306 g/mol. The molecule has 0 bridgehead atoms. The lowest BCUT2D eigenvalue weighted by Gasteiger charge is -2.14. The molecule has 0 aromatic heterocycles. The number of hydrogen-bond donors (Lipinski definition) is 3. The van der Waals surface area contributed by atoms with Gasteiger partial charge in [0.05, 0.1) is 24.1 Å². The van der Waals surface area contributed by atoms with Gasteiger partial charge in [-0.1, -0.05) is 13.0 Å². The monoisotopic (exact) mass is 329 g/mol. The number of nitrogens with one attached hydrogen (secondary N) is 3. The molecule has 0 fully saturated rings. The lowest BCUT2D eigenvalue weighted by molar-refractivity contribution is 0.173. The van der Waals surface area contributed by atoms with Crippen molar-refractivity contribution in [3.63, 3.8) is 0 Å². The first-order valence-electron chi connectivity index (χ1n) is 7.03. The van der Waals surface area contributed by atoms with E-state index in [1.807, 2.05) is 6.92 Å². The summed E-state index contributed by atoms with van der Waals surface area (Å²) >= 11 is 0. The molecule has 0 saturated heterocycles.